The minimum Gasteiger partial charge on any atom is -0.494 e. The van der Waals surface area contributed by atoms with Crippen LogP contribution in [0.1, 0.15) is 6.92 Å². The van der Waals surface area contributed by atoms with Crippen LogP contribution in [0.15, 0.2) is 78.9 Å². The van der Waals surface area contributed by atoms with E-state index in [-0.39, 0.29) is 0 Å². The summed E-state index contributed by atoms with van der Waals surface area (Å²) >= 11 is 0. The Balaban J connectivity index is 1.92. The van der Waals surface area contributed by atoms with Crippen molar-refractivity contribution in [2.45, 2.75) is 6.92 Å². The summed E-state index contributed by atoms with van der Waals surface area (Å²) in [6, 6.07) is 27.1. The van der Waals surface area contributed by atoms with Crippen LogP contribution in [0.3, 0.4) is 0 Å². The lowest BCUT2D eigenvalue weighted by atomic mass is 9.92. The molecule has 136 valence electrons. The van der Waals surface area contributed by atoms with E-state index in [1.165, 1.54) is 0 Å². The molecule has 28 heavy (non-hydrogen) atoms. The number of nitrogens with two attached hydrogens (primary N) is 1. The van der Waals surface area contributed by atoms with E-state index in [1.807, 2.05) is 37.3 Å². The van der Waals surface area contributed by atoms with Gasteiger partial charge in [0.2, 0.25) is 0 Å². The number of nitrogens with zero attached hydrogens (tertiary/aromatic N) is 1. The molecule has 5 aromatic rings. The number of aromatic nitrogens is 1. The van der Waals surface area contributed by atoms with Gasteiger partial charge >= 0.3 is 0 Å². The van der Waals surface area contributed by atoms with Crippen molar-refractivity contribution in [3.63, 3.8) is 0 Å². The number of ether oxygens (including phenoxy) is 1. The van der Waals surface area contributed by atoms with Crippen LogP contribution in [-0.2, 0) is 0 Å². The van der Waals surface area contributed by atoms with Crippen molar-refractivity contribution in [3.05, 3.63) is 78.9 Å². The molecule has 3 nitrogen and oxygen atoms in total. The molecule has 0 radical (unpaired) electrons. The number of nitrogen functional groups attached to an aromatic ring is 1. The van der Waals surface area contributed by atoms with E-state index in [9.17, 15) is 0 Å². The van der Waals surface area contributed by atoms with Gasteiger partial charge in [0, 0.05) is 16.2 Å². The van der Waals surface area contributed by atoms with Gasteiger partial charge in [0.25, 0.3) is 0 Å². The van der Waals surface area contributed by atoms with Gasteiger partial charge in [0.05, 0.1) is 12.1 Å². The SMILES string of the molecule is CCOc1ccc(-c2cc3ccccc3c3nc(N)c4ccccc4c23)cc1. The van der Waals surface area contributed by atoms with Gasteiger partial charge in [-0.2, -0.15) is 0 Å². The summed E-state index contributed by atoms with van der Waals surface area (Å²) in [6.07, 6.45) is 0. The third-order valence-corrected chi connectivity index (χ3v) is 5.20. The van der Waals surface area contributed by atoms with Crippen LogP contribution in [0.2, 0.25) is 0 Å². The molecule has 0 amide bonds. The van der Waals surface area contributed by atoms with Crippen molar-refractivity contribution in [1.82, 2.24) is 4.98 Å². The number of pyridine rings is 1. The maximum atomic E-state index is 6.33. The molecular weight excluding hydrogens is 344 g/mol. The third kappa shape index (κ3) is 2.55. The van der Waals surface area contributed by atoms with E-state index in [0.717, 1.165) is 49.3 Å². The number of hydrogen-bond acceptors (Lipinski definition) is 3. The Morgan fingerprint density at radius 1 is 0.821 bits per heavy atom. The largest absolute Gasteiger partial charge is 0.494 e. The first-order valence-corrected chi connectivity index (χ1v) is 9.49. The number of anilines is 1. The average Bonchev–Trinajstić information content (AvgIpc) is 2.74. The molecule has 0 aliphatic heterocycles. The van der Waals surface area contributed by atoms with Crippen LogP contribution < -0.4 is 10.5 Å². The zero-order chi connectivity index (χ0) is 19.1. The highest BCUT2D eigenvalue weighted by atomic mass is 16.5. The van der Waals surface area contributed by atoms with Crippen molar-refractivity contribution in [2.75, 3.05) is 12.3 Å². The maximum absolute atomic E-state index is 6.33. The van der Waals surface area contributed by atoms with Gasteiger partial charge in [-0.3, -0.25) is 0 Å². The average molecular weight is 364 g/mol. The topological polar surface area (TPSA) is 48.1 Å². The van der Waals surface area contributed by atoms with Crippen LogP contribution >= 0.6 is 0 Å². The van der Waals surface area contributed by atoms with Gasteiger partial charge in [0.15, 0.2) is 0 Å². The molecule has 5 rings (SSSR count). The highest BCUT2D eigenvalue weighted by molar-refractivity contribution is 6.22. The first-order valence-electron chi connectivity index (χ1n) is 9.49. The van der Waals surface area contributed by atoms with Crippen molar-refractivity contribution >= 4 is 38.3 Å². The van der Waals surface area contributed by atoms with Crippen LogP contribution in [0.25, 0.3) is 43.6 Å². The normalized spacial score (nSPS) is 11.3. The van der Waals surface area contributed by atoms with E-state index in [4.69, 9.17) is 15.5 Å². The maximum Gasteiger partial charge on any atom is 0.132 e. The van der Waals surface area contributed by atoms with Gasteiger partial charge in [0.1, 0.15) is 11.6 Å². The zero-order valence-corrected chi connectivity index (χ0v) is 15.6. The molecule has 0 aliphatic rings. The predicted molar refractivity (Wildman–Crippen MR) is 118 cm³/mol. The van der Waals surface area contributed by atoms with Gasteiger partial charge < -0.3 is 10.5 Å². The van der Waals surface area contributed by atoms with E-state index in [0.29, 0.717) is 12.4 Å². The van der Waals surface area contributed by atoms with E-state index < -0.39 is 0 Å². The molecule has 0 saturated heterocycles. The lowest BCUT2D eigenvalue weighted by Crippen LogP contribution is -1.96. The number of benzene rings is 4. The first-order chi connectivity index (χ1) is 13.8. The van der Waals surface area contributed by atoms with Crippen LogP contribution in [-0.4, -0.2) is 11.6 Å². The summed E-state index contributed by atoms with van der Waals surface area (Å²) < 4.78 is 5.61. The summed E-state index contributed by atoms with van der Waals surface area (Å²) in [6.45, 7) is 2.65. The molecular formula is C25H20N2O. The van der Waals surface area contributed by atoms with Crippen molar-refractivity contribution in [3.8, 4) is 16.9 Å². The second-order valence-corrected chi connectivity index (χ2v) is 6.87. The molecule has 0 atom stereocenters. The van der Waals surface area contributed by atoms with Crippen LogP contribution in [0, 0.1) is 0 Å². The molecule has 4 aromatic carbocycles. The van der Waals surface area contributed by atoms with Gasteiger partial charge in [-0.1, -0.05) is 60.7 Å². The van der Waals surface area contributed by atoms with Gasteiger partial charge in [-0.05, 0) is 47.0 Å². The van der Waals surface area contributed by atoms with Gasteiger partial charge in [-0.25, -0.2) is 4.98 Å². The van der Waals surface area contributed by atoms with E-state index >= 15 is 0 Å². The Bertz CT molecular complexity index is 1320. The number of fused-ring (bicyclic) bond motifs is 5. The summed E-state index contributed by atoms with van der Waals surface area (Å²) in [5.41, 5.74) is 9.56. The lowest BCUT2D eigenvalue weighted by molar-refractivity contribution is 0.340. The fourth-order valence-electron chi connectivity index (χ4n) is 3.95. The summed E-state index contributed by atoms with van der Waals surface area (Å²) in [7, 11) is 0. The fraction of sp³-hybridized carbons (Fsp3) is 0.0800. The summed E-state index contributed by atoms with van der Waals surface area (Å²) in [5.74, 6) is 1.45. The molecule has 1 aromatic heterocycles. The first kappa shape index (κ1) is 16.6. The molecule has 0 bridgehead atoms. The monoisotopic (exact) mass is 364 g/mol. The Hall–Kier alpha value is -3.59. The van der Waals surface area contributed by atoms with Crippen molar-refractivity contribution < 1.29 is 4.74 Å². The van der Waals surface area contributed by atoms with Gasteiger partial charge in [-0.15, -0.1) is 0 Å². The van der Waals surface area contributed by atoms with E-state index in [2.05, 4.69) is 48.5 Å². The zero-order valence-electron chi connectivity index (χ0n) is 15.6. The molecule has 3 heteroatoms. The minimum atomic E-state index is 0.567. The molecule has 1 heterocycles. The molecule has 0 unspecified atom stereocenters. The lowest BCUT2D eigenvalue weighted by Gasteiger charge is -2.14. The second kappa shape index (κ2) is 6.54. The smallest absolute Gasteiger partial charge is 0.132 e. The second-order valence-electron chi connectivity index (χ2n) is 6.87. The number of hydrogen-bond donors (Lipinski definition) is 1. The Kier molecular flexibility index (Phi) is 3.87. The minimum absolute atomic E-state index is 0.567. The van der Waals surface area contributed by atoms with Crippen molar-refractivity contribution in [2.24, 2.45) is 0 Å². The highest BCUT2D eigenvalue weighted by Gasteiger charge is 2.14. The van der Waals surface area contributed by atoms with E-state index in [1.54, 1.807) is 0 Å². The standard InChI is InChI=1S/C25H20N2O/c1-2-28-18-13-11-16(12-14-18)22-15-17-7-3-4-8-19(17)24-23(22)20-9-5-6-10-21(20)25(26)27-24/h3-15H,2H2,1H3,(H2,26,27). The Labute approximate surface area is 163 Å². The van der Waals surface area contributed by atoms with Crippen molar-refractivity contribution in [1.29, 1.82) is 0 Å². The Morgan fingerprint density at radius 2 is 1.50 bits per heavy atom. The van der Waals surface area contributed by atoms with Crippen LogP contribution in [0.5, 0.6) is 5.75 Å². The Morgan fingerprint density at radius 3 is 2.25 bits per heavy atom. The highest BCUT2D eigenvalue weighted by Crippen LogP contribution is 2.39. The predicted octanol–water partition coefficient (Wildman–Crippen LogP) is 6.19. The molecule has 0 aliphatic carbocycles. The number of rotatable bonds is 3. The third-order valence-electron chi connectivity index (χ3n) is 5.20. The molecule has 0 spiro atoms. The summed E-state index contributed by atoms with van der Waals surface area (Å²) in [5, 5.41) is 5.51. The fourth-order valence-corrected chi connectivity index (χ4v) is 3.95. The van der Waals surface area contributed by atoms with Crippen LogP contribution in [0.4, 0.5) is 5.82 Å². The summed E-state index contributed by atoms with van der Waals surface area (Å²) in [4.78, 5) is 4.82. The molecule has 0 fully saturated rings. The molecule has 0 saturated carbocycles. The quantitative estimate of drug-likeness (QED) is 0.388. The molecule has 2 N–H and O–H groups in total.